The second-order valence-electron chi connectivity index (χ2n) is 12.4. The highest BCUT2D eigenvalue weighted by Gasteiger charge is 2.44. The number of esters is 1. The maximum Gasteiger partial charge on any atom is 0.308 e. The van der Waals surface area contributed by atoms with Gasteiger partial charge in [0.05, 0.1) is 39.4 Å². The standard InChI is InChI=1S/C37H42Cl2N4O7/c1-26(44)42-15-17-43(18-16-42)30-6-8-31(9-7-30)47-23-32-12-19-48-37(50-32,33-10-5-29(38)21-34(33)39)24-41-14-13-40(25-41)22-28-4-11-35(49-27(2)45)36(20-28)46-3/h4-11,13-14,20-21,32H,12,15-19,22-25H2,1-3H3/t32-,37-/m0/s1/i25D/t25?,32-,37-. The average molecular weight is 727 g/mol. The van der Waals surface area contributed by atoms with Gasteiger partial charge in [0.1, 0.15) is 12.4 Å². The highest BCUT2D eigenvalue weighted by atomic mass is 35.5. The smallest absolute Gasteiger partial charge is 0.308 e. The summed E-state index contributed by atoms with van der Waals surface area (Å²) < 4.78 is 39.2. The number of methoxy groups -OCH3 is 1. The summed E-state index contributed by atoms with van der Waals surface area (Å²) in [6, 6.07) is 18.5. The van der Waals surface area contributed by atoms with Crippen molar-refractivity contribution in [1.82, 2.24) is 14.7 Å². The van der Waals surface area contributed by atoms with Gasteiger partial charge < -0.3 is 43.3 Å². The molecule has 11 nitrogen and oxygen atoms in total. The van der Waals surface area contributed by atoms with Gasteiger partial charge in [0.2, 0.25) is 11.7 Å². The second kappa shape index (κ2) is 15.8. The number of carbonyl (C=O) groups is 2. The van der Waals surface area contributed by atoms with Gasteiger partial charge in [-0.15, -0.1) is 0 Å². The highest BCUT2D eigenvalue weighted by molar-refractivity contribution is 6.35. The molecule has 1 unspecified atom stereocenters. The van der Waals surface area contributed by atoms with Crippen molar-refractivity contribution < 1.29 is 34.6 Å². The van der Waals surface area contributed by atoms with E-state index >= 15 is 0 Å². The van der Waals surface area contributed by atoms with Crippen molar-refractivity contribution in [3.63, 3.8) is 0 Å². The monoisotopic (exact) mass is 725 g/mol. The molecule has 0 aliphatic carbocycles. The number of amides is 1. The van der Waals surface area contributed by atoms with Gasteiger partial charge in [0.15, 0.2) is 11.5 Å². The van der Waals surface area contributed by atoms with Gasteiger partial charge in [0.25, 0.3) is 0 Å². The minimum atomic E-state index is -1.31. The molecule has 1 amide bonds. The van der Waals surface area contributed by atoms with Crippen LogP contribution in [0.2, 0.25) is 10.0 Å². The van der Waals surface area contributed by atoms with E-state index in [1.807, 2.05) is 57.4 Å². The Balaban J connectivity index is 1.12. The molecule has 0 spiro atoms. The molecule has 13 heteroatoms. The molecule has 50 heavy (non-hydrogen) atoms. The number of halogens is 2. The summed E-state index contributed by atoms with van der Waals surface area (Å²) in [5.74, 6) is -0.162. The van der Waals surface area contributed by atoms with Crippen molar-refractivity contribution in [2.45, 2.75) is 38.7 Å². The van der Waals surface area contributed by atoms with Crippen molar-refractivity contribution in [2.24, 2.45) is 0 Å². The number of piperazine rings is 1. The van der Waals surface area contributed by atoms with Crippen LogP contribution in [0.3, 0.4) is 0 Å². The van der Waals surface area contributed by atoms with Crippen LogP contribution in [0.15, 0.2) is 73.1 Å². The summed E-state index contributed by atoms with van der Waals surface area (Å²) in [6.45, 7) is 6.37. The summed E-state index contributed by atoms with van der Waals surface area (Å²) in [7, 11) is 1.51. The van der Waals surface area contributed by atoms with E-state index < -0.39 is 18.4 Å². The number of ether oxygens (including phenoxy) is 5. The fourth-order valence-corrected chi connectivity index (χ4v) is 6.84. The molecule has 2 fully saturated rings. The van der Waals surface area contributed by atoms with E-state index in [-0.39, 0.29) is 25.2 Å². The van der Waals surface area contributed by atoms with Gasteiger partial charge in [-0.05, 0) is 54.1 Å². The summed E-state index contributed by atoms with van der Waals surface area (Å²) in [4.78, 5) is 31.0. The SMILES string of the molecule is [2H]C1N(Cc2ccc(OC(C)=O)c(OC)c2)C=CN1C[C@]1(c2ccc(Cl)cc2Cl)OCC[C@@H](COc2ccc(N3CCN(C(C)=O)CC3)cc2)O1. The Morgan fingerprint density at radius 1 is 0.960 bits per heavy atom. The van der Waals surface area contributed by atoms with Gasteiger partial charge in [0, 0.05) is 81.7 Å². The Hall–Kier alpha value is -4.16. The zero-order valence-corrected chi connectivity index (χ0v) is 29.9. The molecule has 3 aliphatic rings. The van der Waals surface area contributed by atoms with Crippen LogP contribution >= 0.6 is 23.2 Å². The first kappa shape index (κ1) is 34.3. The van der Waals surface area contributed by atoms with Crippen LogP contribution in [0.1, 0.15) is 32.8 Å². The van der Waals surface area contributed by atoms with Crippen molar-refractivity contribution >= 4 is 40.8 Å². The Kier molecular flexibility index (Phi) is 10.8. The zero-order chi connectivity index (χ0) is 36.1. The second-order valence-corrected chi connectivity index (χ2v) is 13.2. The number of anilines is 1. The Morgan fingerprint density at radius 2 is 1.72 bits per heavy atom. The molecule has 6 rings (SSSR count). The Bertz CT molecular complexity index is 1740. The van der Waals surface area contributed by atoms with E-state index in [0.29, 0.717) is 65.5 Å². The summed E-state index contributed by atoms with van der Waals surface area (Å²) >= 11 is 13.0. The molecule has 3 heterocycles. The molecule has 3 aromatic carbocycles. The predicted molar refractivity (Wildman–Crippen MR) is 191 cm³/mol. The lowest BCUT2D eigenvalue weighted by atomic mass is 10.0. The number of rotatable bonds is 11. The molecular formula is C37H42Cl2N4O7. The lowest BCUT2D eigenvalue weighted by Gasteiger charge is -2.43. The topological polar surface area (TPSA) is 93.3 Å². The molecule has 266 valence electrons. The summed E-state index contributed by atoms with van der Waals surface area (Å²) in [5.41, 5.74) is 2.56. The predicted octanol–water partition coefficient (Wildman–Crippen LogP) is 5.88. The first-order valence-corrected chi connectivity index (χ1v) is 17.3. The minimum absolute atomic E-state index is 0.108. The minimum Gasteiger partial charge on any atom is -0.493 e. The van der Waals surface area contributed by atoms with E-state index in [2.05, 4.69) is 4.90 Å². The normalized spacial score (nSPS) is 22.4. The van der Waals surface area contributed by atoms with Crippen LogP contribution in [0.25, 0.3) is 0 Å². The van der Waals surface area contributed by atoms with Crippen LogP contribution in [-0.4, -0.2) is 92.4 Å². The zero-order valence-electron chi connectivity index (χ0n) is 29.3. The molecule has 0 radical (unpaired) electrons. The van der Waals surface area contributed by atoms with E-state index in [1.165, 1.54) is 14.0 Å². The van der Waals surface area contributed by atoms with E-state index in [4.69, 9.17) is 48.3 Å². The Morgan fingerprint density at radius 3 is 2.42 bits per heavy atom. The van der Waals surface area contributed by atoms with Crippen LogP contribution in [0.4, 0.5) is 5.69 Å². The van der Waals surface area contributed by atoms with Crippen LogP contribution in [-0.2, 0) is 31.4 Å². The average Bonchev–Trinajstić information content (AvgIpc) is 3.45. The lowest BCUT2D eigenvalue weighted by Crippen LogP contribution is -2.50. The third kappa shape index (κ3) is 8.58. The largest absolute Gasteiger partial charge is 0.493 e. The van der Waals surface area contributed by atoms with Gasteiger partial charge >= 0.3 is 5.97 Å². The summed E-state index contributed by atoms with van der Waals surface area (Å²) in [6.07, 6.45) is 3.95. The number of hydrogen-bond donors (Lipinski definition) is 0. The lowest BCUT2D eigenvalue weighted by molar-refractivity contribution is -0.310. The number of hydrogen-bond acceptors (Lipinski definition) is 10. The molecule has 0 N–H and O–H groups in total. The van der Waals surface area contributed by atoms with E-state index in [9.17, 15) is 9.59 Å². The maximum atomic E-state index is 11.7. The third-order valence-corrected chi connectivity index (χ3v) is 9.37. The van der Waals surface area contributed by atoms with Crippen LogP contribution < -0.4 is 19.1 Å². The first-order valence-electron chi connectivity index (χ1n) is 17.1. The molecule has 0 saturated carbocycles. The first-order chi connectivity index (χ1) is 24.5. The third-order valence-electron chi connectivity index (χ3n) is 8.82. The van der Waals surface area contributed by atoms with E-state index in [0.717, 1.165) is 24.3 Å². The van der Waals surface area contributed by atoms with Gasteiger partial charge in [-0.3, -0.25) is 9.59 Å². The Labute approximate surface area is 304 Å². The molecule has 0 aromatic heterocycles. The molecule has 3 atom stereocenters. The number of carbonyl (C=O) groups excluding carboxylic acids is 2. The number of benzene rings is 3. The number of nitrogens with zero attached hydrogens (tertiary/aromatic N) is 4. The van der Waals surface area contributed by atoms with E-state index in [1.54, 1.807) is 37.3 Å². The van der Waals surface area contributed by atoms with Crippen LogP contribution in [0, 0.1) is 0 Å². The molecular weight excluding hydrogens is 683 g/mol. The highest BCUT2D eigenvalue weighted by Crippen LogP contribution is 2.40. The maximum absolute atomic E-state index is 11.7. The molecule has 3 aromatic rings. The fraction of sp³-hybridized carbons (Fsp3) is 0.405. The quantitative estimate of drug-likeness (QED) is 0.176. The summed E-state index contributed by atoms with van der Waals surface area (Å²) in [5, 5.41) is 0.879. The fourth-order valence-electron chi connectivity index (χ4n) is 6.29. The van der Waals surface area contributed by atoms with Crippen molar-refractivity contribution in [3.05, 3.63) is 94.2 Å². The molecule has 0 bridgehead atoms. The van der Waals surface area contributed by atoms with Gasteiger partial charge in [-0.25, -0.2) is 0 Å². The van der Waals surface area contributed by atoms with Gasteiger partial charge in [-0.1, -0.05) is 35.3 Å². The van der Waals surface area contributed by atoms with Crippen molar-refractivity contribution in [3.8, 4) is 17.2 Å². The van der Waals surface area contributed by atoms with Crippen molar-refractivity contribution in [2.75, 3.05) is 64.6 Å². The molecule has 2 saturated heterocycles. The van der Waals surface area contributed by atoms with Crippen LogP contribution in [0.5, 0.6) is 17.2 Å². The van der Waals surface area contributed by atoms with Gasteiger partial charge in [-0.2, -0.15) is 0 Å². The molecule has 3 aliphatic heterocycles. The van der Waals surface area contributed by atoms with Crippen molar-refractivity contribution in [1.29, 1.82) is 0 Å².